The number of likely N-dealkylation sites (tertiary alicyclic amines) is 1. The van der Waals surface area contributed by atoms with Crippen LogP contribution in [0.1, 0.15) is 26.7 Å². The third-order valence-corrected chi connectivity index (χ3v) is 4.29. The summed E-state index contributed by atoms with van der Waals surface area (Å²) in [6.07, 6.45) is 1.13. The van der Waals surface area contributed by atoms with Crippen molar-refractivity contribution in [3.63, 3.8) is 0 Å². The number of hydrogen-bond acceptors (Lipinski definition) is 3. The second-order valence-electron chi connectivity index (χ2n) is 6.23. The average Bonchev–Trinajstić information content (AvgIpc) is 2.91. The molecule has 2 rings (SSSR count). The van der Waals surface area contributed by atoms with Gasteiger partial charge in [-0.15, -0.1) is 0 Å². The number of aliphatic carboxylic acids is 1. The van der Waals surface area contributed by atoms with E-state index in [-0.39, 0.29) is 11.8 Å². The largest absolute Gasteiger partial charge is 0.494 e. The molecule has 1 aromatic carbocycles. The van der Waals surface area contributed by atoms with Crippen molar-refractivity contribution < 1.29 is 19.4 Å². The Kier molecular flexibility index (Phi) is 5.06. The maximum absolute atomic E-state index is 12.4. The number of nitrogens with zero attached hydrogens (tertiary/aromatic N) is 1. The van der Waals surface area contributed by atoms with E-state index in [1.807, 2.05) is 37.3 Å². The fourth-order valence-electron chi connectivity index (χ4n) is 2.63. The Morgan fingerprint density at radius 3 is 2.64 bits per heavy atom. The highest BCUT2D eigenvalue weighted by molar-refractivity contribution is 5.81. The fourth-order valence-corrected chi connectivity index (χ4v) is 2.63. The first-order valence-electron chi connectivity index (χ1n) is 7.62. The Morgan fingerprint density at radius 1 is 1.36 bits per heavy atom. The monoisotopic (exact) mass is 305 g/mol. The number of amides is 1. The van der Waals surface area contributed by atoms with Gasteiger partial charge in [0.05, 0.1) is 12.0 Å². The molecule has 0 radical (unpaired) electrons. The molecular formula is C17H23NO4. The molecule has 1 aromatic rings. The van der Waals surface area contributed by atoms with Gasteiger partial charge in [0.2, 0.25) is 5.91 Å². The molecule has 0 aromatic heterocycles. The number of rotatable bonds is 6. The van der Waals surface area contributed by atoms with Crippen LogP contribution in [0.15, 0.2) is 30.3 Å². The topological polar surface area (TPSA) is 66.8 Å². The maximum Gasteiger partial charge on any atom is 0.311 e. The number of carbonyl (C=O) groups excluding carboxylic acids is 1. The van der Waals surface area contributed by atoms with E-state index in [1.54, 1.807) is 11.8 Å². The third-order valence-electron chi connectivity index (χ3n) is 4.29. The van der Waals surface area contributed by atoms with E-state index < -0.39 is 11.4 Å². The molecule has 1 aliphatic heterocycles. The summed E-state index contributed by atoms with van der Waals surface area (Å²) < 4.78 is 5.60. The van der Waals surface area contributed by atoms with Crippen LogP contribution in [0.4, 0.5) is 0 Å². The van der Waals surface area contributed by atoms with Gasteiger partial charge in [-0.05, 0) is 31.9 Å². The molecule has 0 saturated carbocycles. The van der Waals surface area contributed by atoms with Crippen molar-refractivity contribution in [1.82, 2.24) is 4.90 Å². The van der Waals surface area contributed by atoms with Crippen molar-refractivity contribution in [2.45, 2.75) is 26.7 Å². The molecule has 1 saturated heterocycles. The van der Waals surface area contributed by atoms with E-state index in [4.69, 9.17) is 4.74 Å². The Balaban J connectivity index is 1.79. The lowest BCUT2D eigenvalue weighted by Gasteiger charge is -2.23. The predicted octanol–water partition coefficient (Wildman–Crippen LogP) is 2.41. The lowest BCUT2D eigenvalue weighted by molar-refractivity contribution is -0.147. The minimum Gasteiger partial charge on any atom is -0.494 e. The van der Waals surface area contributed by atoms with Gasteiger partial charge < -0.3 is 14.7 Å². The number of carboxylic acid groups (broad SMARTS) is 1. The zero-order valence-corrected chi connectivity index (χ0v) is 13.1. The minimum absolute atomic E-state index is 0.0154. The fraction of sp³-hybridized carbons (Fsp3) is 0.529. The molecule has 0 aliphatic carbocycles. The van der Waals surface area contributed by atoms with Crippen molar-refractivity contribution in [2.24, 2.45) is 11.3 Å². The molecule has 22 heavy (non-hydrogen) atoms. The molecule has 1 amide bonds. The van der Waals surface area contributed by atoms with Gasteiger partial charge in [0, 0.05) is 19.0 Å². The molecule has 0 spiro atoms. The van der Waals surface area contributed by atoms with Crippen molar-refractivity contribution in [1.29, 1.82) is 0 Å². The number of carboxylic acids is 1. The summed E-state index contributed by atoms with van der Waals surface area (Å²) in [4.78, 5) is 25.3. The molecule has 0 unspecified atom stereocenters. The molecule has 120 valence electrons. The Bertz CT molecular complexity index is 531. The van der Waals surface area contributed by atoms with Crippen molar-refractivity contribution >= 4 is 11.9 Å². The van der Waals surface area contributed by atoms with Crippen LogP contribution >= 0.6 is 0 Å². The number of para-hydroxylation sites is 1. The van der Waals surface area contributed by atoms with Gasteiger partial charge in [-0.3, -0.25) is 9.59 Å². The van der Waals surface area contributed by atoms with Gasteiger partial charge in [0.15, 0.2) is 0 Å². The summed E-state index contributed by atoms with van der Waals surface area (Å²) in [7, 11) is 0. The van der Waals surface area contributed by atoms with Crippen molar-refractivity contribution in [3.05, 3.63) is 30.3 Å². The van der Waals surface area contributed by atoms with E-state index in [0.717, 1.165) is 5.75 Å². The molecule has 1 aliphatic rings. The lowest BCUT2D eigenvalue weighted by atomic mass is 9.90. The summed E-state index contributed by atoms with van der Waals surface area (Å²) in [5, 5.41) is 9.22. The van der Waals surface area contributed by atoms with Crippen LogP contribution in [0.2, 0.25) is 0 Å². The first-order chi connectivity index (χ1) is 10.4. The smallest absolute Gasteiger partial charge is 0.311 e. The van der Waals surface area contributed by atoms with Crippen LogP contribution in [0.3, 0.4) is 0 Å². The maximum atomic E-state index is 12.4. The van der Waals surface area contributed by atoms with Gasteiger partial charge in [0.25, 0.3) is 0 Å². The zero-order chi connectivity index (χ0) is 16.2. The van der Waals surface area contributed by atoms with Crippen LogP contribution < -0.4 is 4.74 Å². The molecule has 1 fully saturated rings. The molecule has 5 nitrogen and oxygen atoms in total. The van der Waals surface area contributed by atoms with Crippen LogP contribution in [0, 0.1) is 11.3 Å². The zero-order valence-electron chi connectivity index (χ0n) is 13.1. The van der Waals surface area contributed by atoms with Crippen LogP contribution in [-0.4, -0.2) is 41.6 Å². The molecule has 1 heterocycles. The quantitative estimate of drug-likeness (QED) is 0.876. The first-order valence-corrected chi connectivity index (χ1v) is 7.62. The van der Waals surface area contributed by atoms with Crippen molar-refractivity contribution in [2.75, 3.05) is 19.7 Å². The van der Waals surface area contributed by atoms with Crippen molar-refractivity contribution in [3.8, 4) is 5.75 Å². The minimum atomic E-state index is -0.831. The van der Waals surface area contributed by atoms with Crippen LogP contribution in [0.5, 0.6) is 5.75 Å². The van der Waals surface area contributed by atoms with Crippen LogP contribution in [-0.2, 0) is 9.59 Å². The summed E-state index contributed by atoms with van der Waals surface area (Å²) in [5.41, 5.74) is -0.810. The second kappa shape index (κ2) is 6.81. The van der Waals surface area contributed by atoms with Gasteiger partial charge in [-0.25, -0.2) is 0 Å². The van der Waals surface area contributed by atoms with E-state index in [2.05, 4.69) is 0 Å². The average molecular weight is 305 g/mol. The predicted molar refractivity (Wildman–Crippen MR) is 82.7 cm³/mol. The highest BCUT2D eigenvalue weighted by Crippen LogP contribution is 2.31. The Morgan fingerprint density at radius 2 is 2.05 bits per heavy atom. The SMILES string of the molecule is C[C@@H](CCOc1ccccc1)C(=O)N1CC[C@](C)(C(=O)O)C1. The molecule has 2 atom stereocenters. The summed E-state index contributed by atoms with van der Waals surface area (Å²) in [5.74, 6) is -0.189. The molecule has 5 heteroatoms. The summed E-state index contributed by atoms with van der Waals surface area (Å²) in [6, 6.07) is 9.49. The van der Waals surface area contributed by atoms with Gasteiger partial charge in [0.1, 0.15) is 5.75 Å². The van der Waals surface area contributed by atoms with Gasteiger partial charge in [-0.2, -0.15) is 0 Å². The third kappa shape index (κ3) is 3.78. The van der Waals surface area contributed by atoms with E-state index in [1.165, 1.54) is 0 Å². The van der Waals surface area contributed by atoms with E-state index >= 15 is 0 Å². The Labute approximate surface area is 130 Å². The standard InChI is InChI=1S/C17H23NO4/c1-13(8-11-22-14-6-4-3-5-7-14)15(19)18-10-9-17(2,12-18)16(20)21/h3-7,13H,8-12H2,1-2H3,(H,20,21)/t13-,17-/m0/s1. The second-order valence-corrected chi connectivity index (χ2v) is 6.23. The van der Waals surface area contributed by atoms with Crippen LogP contribution in [0.25, 0.3) is 0 Å². The summed E-state index contributed by atoms with van der Waals surface area (Å²) in [6.45, 7) is 4.86. The molecule has 1 N–H and O–H groups in total. The van der Waals surface area contributed by atoms with Gasteiger partial charge in [-0.1, -0.05) is 25.1 Å². The number of benzene rings is 1. The van der Waals surface area contributed by atoms with E-state index in [0.29, 0.717) is 32.5 Å². The van der Waals surface area contributed by atoms with E-state index in [9.17, 15) is 14.7 Å². The highest BCUT2D eigenvalue weighted by atomic mass is 16.5. The summed E-state index contributed by atoms with van der Waals surface area (Å²) >= 11 is 0. The first kappa shape index (κ1) is 16.3. The molecular weight excluding hydrogens is 282 g/mol. The van der Waals surface area contributed by atoms with Gasteiger partial charge >= 0.3 is 5.97 Å². The number of carbonyl (C=O) groups is 2. The highest BCUT2D eigenvalue weighted by Gasteiger charge is 2.42. The number of hydrogen-bond donors (Lipinski definition) is 1. The molecule has 0 bridgehead atoms. The number of ether oxygens (including phenoxy) is 1. The Hall–Kier alpha value is -2.04. The lowest BCUT2D eigenvalue weighted by Crippen LogP contribution is -2.37. The normalized spacial score (nSPS) is 22.4.